The van der Waals surface area contributed by atoms with Gasteiger partial charge in [-0.05, 0) is 49.7 Å². The van der Waals surface area contributed by atoms with Crippen molar-refractivity contribution in [1.29, 1.82) is 0 Å². The first kappa shape index (κ1) is 16.7. The van der Waals surface area contributed by atoms with Crippen molar-refractivity contribution in [2.75, 3.05) is 11.9 Å². The van der Waals surface area contributed by atoms with Gasteiger partial charge in [0.15, 0.2) is 0 Å². The summed E-state index contributed by atoms with van der Waals surface area (Å²) in [6.45, 7) is 4.68. The molecule has 0 saturated carbocycles. The van der Waals surface area contributed by atoms with Crippen LogP contribution in [0.15, 0.2) is 45.3 Å². The second-order valence-corrected chi connectivity index (χ2v) is 6.81. The van der Waals surface area contributed by atoms with Crippen molar-refractivity contribution in [2.45, 2.75) is 19.9 Å². The summed E-state index contributed by atoms with van der Waals surface area (Å²) < 4.78 is 7.73. The Bertz CT molecular complexity index is 634. The molecule has 0 bridgehead atoms. The predicted molar refractivity (Wildman–Crippen MR) is 96.5 cm³/mol. The fourth-order valence-electron chi connectivity index (χ4n) is 2.06. The van der Waals surface area contributed by atoms with Crippen LogP contribution in [0.2, 0.25) is 5.02 Å². The number of hydrogen-bond acceptors (Lipinski definition) is 2. The molecule has 112 valence electrons. The number of rotatable bonds is 5. The molecule has 2 aromatic carbocycles. The Kier molecular flexibility index (Phi) is 5.97. The molecule has 0 aliphatic carbocycles. The summed E-state index contributed by atoms with van der Waals surface area (Å²) in [5, 5.41) is 4.14. The molecule has 0 fully saturated rings. The average Bonchev–Trinajstić information content (AvgIpc) is 2.41. The van der Waals surface area contributed by atoms with Gasteiger partial charge in [-0.3, -0.25) is 0 Å². The van der Waals surface area contributed by atoms with Crippen molar-refractivity contribution in [3.63, 3.8) is 0 Å². The van der Waals surface area contributed by atoms with Crippen LogP contribution in [0.25, 0.3) is 0 Å². The van der Waals surface area contributed by atoms with E-state index in [1.54, 1.807) is 0 Å². The quantitative estimate of drug-likeness (QED) is 0.586. The molecule has 1 unspecified atom stereocenters. The first-order valence-corrected chi connectivity index (χ1v) is 8.61. The molecular formula is C16H16Br2ClNO. The van der Waals surface area contributed by atoms with Gasteiger partial charge in [0.25, 0.3) is 0 Å². The second-order valence-electron chi connectivity index (χ2n) is 4.61. The third-order valence-corrected chi connectivity index (χ3v) is 4.46. The lowest BCUT2D eigenvalue weighted by Crippen LogP contribution is -2.09. The van der Waals surface area contributed by atoms with Gasteiger partial charge in [0.2, 0.25) is 0 Å². The minimum Gasteiger partial charge on any atom is -0.492 e. The second kappa shape index (κ2) is 7.52. The Morgan fingerprint density at radius 3 is 2.62 bits per heavy atom. The first-order valence-electron chi connectivity index (χ1n) is 6.65. The van der Waals surface area contributed by atoms with E-state index >= 15 is 0 Å². The number of halogens is 3. The fourth-order valence-corrected chi connectivity index (χ4v) is 3.62. The monoisotopic (exact) mass is 431 g/mol. The lowest BCUT2D eigenvalue weighted by molar-refractivity contribution is 0.341. The Balaban J connectivity index is 2.26. The minimum atomic E-state index is 0.116. The van der Waals surface area contributed by atoms with E-state index in [4.69, 9.17) is 16.3 Å². The Morgan fingerprint density at radius 1 is 1.19 bits per heavy atom. The van der Waals surface area contributed by atoms with E-state index in [-0.39, 0.29) is 6.04 Å². The van der Waals surface area contributed by atoms with Gasteiger partial charge in [-0.15, -0.1) is 0 Å². The van der Waals surface area contributed by atoms with Crippen LogP contribution < -0.4 is 10.1 Å². The summed E-state index contributed by atoms with van der Waals surface area (Å²) in [6.07, 6.45) is 0. The largest absolute Gasteiger partial charge is 0.492 e. The standard InChI is InChI=1S/C16H16Br2ClNO/c1-3-21-16-7-5-12(19)9-15(16)20-10(2)13-6-4-11(17)8-14(13)18/h4-10,20H,3H2,1-2H3. The lowest BCUT2D eigenvalue weighted by Gasteiger charge is -2.20. The van der Waals surface area contributed by atoms with Crippen molar-refractivity contribution >= 4 is 49.1 Å². The molecule has 0 spiro atoms. The third kappa shape index (κ3) is 4.38. The van der Waals surface area contributed by atoms with Gasteiger partial charge in [0.05, 0.1) is 12.3 Å². The molecule has 0 radical (unpaired) electrons. The fraction of sp³-hybridized carbons (Fsp3) is 0.250. The molecule has 0 aliphatic heterocycles. The van der Waals surface area contributed by atoms with Crippen molar-refractivity contribution in [3.8, 4) is 5.75 Å². The van der Waals surface area contributed by atoms with E-state index in [1.165, 1.54) is 5.56 Å². The van der Waals surface area contributed by atoms with Gasteiger partial charge in [-0.2, -0.15) is 0 Å². The van der Waals surface area contributed by atoms with E-state index in [9.17, 15) is 0 Å². The highest BCUT2D eigenvalue weighted by atomic mass is 79.9. The number of hydrogen-bond donors (Lipinski definition) is 1. The third-order valence-electron chi connectivity index (χ3n) is 3.04. The predicted octanol–water partition coefficient (Wildman–Crippen LogP) is 6.44. The van der Waals surface area contributed by atoms with Crippen LogP contribution in [0.5, 0.6) is 5.75 Å². The Morgan fingerprint density at radius 2 is 1.95 bits per heavy atom. The van der Waals surface area contributed by atoms with Gasteiger partial charge < -0.3 is 10.1 Å². The van der Waals surface area contributed by atoms with E-state index < -0.39 is 0 Å². The van der Waals surface area contributed by atoms with Gasteiger partial charge in [-0.25, -0.2) is 0 Å². The highest BCUT2D eigenvalue weighted by Gasteiger charge is 2.12. The molecule has 21 heavy (non-hydrogen) atoms. The molecule has 2 rings (SSSR count). The summed E-state index contributed by atoms with van der Waals surface area (Å²) in [6, 6.07) is 11.9. The van der Waals surface area contributed by atoms with Crippen LogP contribution in [0, 0.1) is 0 Å². The maximum absolute atomic E-state index is 6.09. The zero-order valence-corrected chi connectivity index (χ0v) is 15.7. The summed E-state index contributed by atoms with van der Waals surface area (Å²) >= 11 is 13.2. The molecule has 1 N–H and O–H groups in total. The summed E-state index contributed by atoms with van der Waals surface area (Å²) in [5.74, 6) is 0.807. The molecule has 0 aromatic heterocycles. The van der Waals surface area contributed by atoms with Crippen LogP contribution in [0.1, 0.15) is 25.5 Å². The van der Waals surface area contributed by atoms with Crippen LogP contribution in [-0.2, 0) is 0 Å². The first-order chi connectivity index (χ1) is 10.0. The van der Waals surface area contributed by atoms with Crippen molar-refractivity contribution in [1.82, 2.24) is 0 Å². The summed E-state index contributed by atoms with van der Waals surface area (Å²) in [7, 11) is 0. The molecule has 0 saturated heterocycles. The highest BCUT2D eigenvalue weighted by Crippen LogP contribution is 2.33. The summed E-state index contributed by atoms with van der Waals surface area (Å²) in [5.41, 5.74) is 2.06. The smallest absolute Gasteiger partial charge is 0.142 e. The van der Waals surface area contributed by atoms with Crippen LogP contribution >= 0.6 is 43.5 Å². The molecule has 5 heteroatoms. The number of benzene rings is 2. The van der Waals surface area contributed by atoms with Crippen LogP contribution in [-0.4, -0.2) is 6.61 Å². The van der Waals surface area contributed by atoms with Gasteiger partial charge in [0.1, 0.15) is 5.75 Å². The van der Waals surface area contributed by atoms with Gasteiger partial charge >= 0.3 is 0 Å². The van der Waals surface area contributed by atoms with E-state index in [1.807, 2.05) is 37.3 Å². The normalized spacial score (nSPS) is 12.0. The number of anilines is 1. The van der Waals surface area contributed by atoms with E-state index in [0.717, 1.165) is 20.4 Å². The maximum atomic E-state index is 6.09. The minimum absolute atomic E-state index is 0.116. The molecular weight excluding hydrogens is 417 g/mol. The number of ether oxygens (including phenoxy) is 1. The lowest BCUT2D eigenvalue weighted by atomic mass is 10.1. The van der Waals surface area contributed by atoms with Crippen molar-refractivity contribution in [2.24, 2.45) is 0 Å². The molecule has 0 aliphatic rings. The molecule has 2 aromatic rings. The maximum Gasteiger partial charge on any atom is 0.142 e. The van der Waals surface area contributed by atoms with Gasteiger partial charge in [-0.1, -0.05) is 49.5 Å². The Hall–Kier alpha value is -0.710. The van der Waals surface area contributed by atoms with Crippen LogP contribution in [0.4, 0.5) is 5.69 Å². The number of nitrogens with one attached hydrogen (secondary N) is 1. The van der Waals surface area contributed by atoms with Crippen LogP contribution in [0.3, 0.4) is 0 Å². The van der Waals surface area contributed by atoms with E-state index in [2.05, 4.69) is 50.2 Å². The van der Waals surface area contributed by atoms with Crippen molar-refractivity contribution in [3.05, 3.63) is 55.9 Å². The topological polar surface area (TPSA) is 21.3 Å². The summed E-state index contributed by atoms with van der Waals surface area (Å²) in [4.78, 5) is 0. The van der Waals surface area contributed by atoms with Gasteiger partial charge in [0, 0.05) is 20.0 Å². The molecule has 1 atom stereocenters. The highest BCUT2D eigenvalue weighted by molar-refractivity contribution is 9.11. The SMILES string of the molecule is CCOc1ccc(Cl)cc1NC(C)c1ccc(Br)cc1Br. The molecule has 2 nitrogen and oxygen atoms in total. The molecule has 0 amide bonds. The zero-order chi connectivity index (χ0) is 15.4. The molecule has 0 heterocycles. The Labute approximate surface area is 147 Å². The van der Waals surface area contributed by atoms with E-state index in [0.29, 0.717) is 11.6 Å². The zero-order valence-electron chi connectivity index (χ0n) is 11.8. The average molecular weight is 434 g/mol. The van der Waals surface area contributed by atoms with Crippen molar-refractivity contribution < 1.29 is 4.74 Å².